The molecule has 1 atom stereocenters. The van der Waals surface area contributed by atoms with E-state index in [9.17, 15) is 21.6 Å². The number of aromatic nitrogens is 1. The highest BCUT2D eigenvalue weighted by atomic mass is 32.2. The summed E-state index contributed by atoms with van der Waals surface area (Å²) in [6.07, 6.45) is 4.65. The molecule has 1 unspecified atom stereocenters. The molecule has 176 valence electrons. The van der Waals surface area contributed by atoms with E-state index >= 15 is 0 Å². The van der Waals surface area contributed by atoms with Gasteiger partial charge in [0.05, 0.1) is 20.0 Å². The van der Waals surface area contributed by atoms with Crippen molar-refractivity contribution in [2.45, 2.75) is 48.4 Å². The third-order valence-corrected chi connectivity index (χ3v) is 9.79. The summed E-state index contributed by atoms with van der Waals surface area (Å²) in [6, 6.07) is 10.5. The van der Waals surface area contributed by atoms with Crippen LogP contribution in [0.5, 0.6) is 0 Å². The van der Waals surface area contributed by atoms with E-state index in [0.717, 1.165) is 31.9 Å². The van der Waals surface area contributed by atoms with Gasteiger partial charge in [-0.3, -0.25) is 10.1 Å². The Balaban J connectivity index is 1.52. The average Bonchev–Trinajstić information content (AvgIpc) is 3.20. The largest absolute Gasteiger partial charge is 0.298 e. The summed E-state index contributed by atoms with van der Waals surface area (Å²) in [6.45, 7) is 2.51. The molecule has 1 fully saturated rings. The number of sulfonamides is 1. The summed E-state index contributed by atoms with van der Waals surface area (Å²) < 4.78 is 51.9. The number of sulfone groups is 1. The monoisotopic (exact) mass is 507 g/mol. The van der Waals surface area contributed by atoms with Gasteiger partial charge in [0, 0.05) is 24.4 Å². The van der Waals surface area contributed by atoms with Crippen molar-refractivity contribution < 1.29 is 21.6 Å². The van der Waals surface area contributed by atoms with Gasteiger partial charge in [0.1, 0.15) is 0 Å². The SMILES string of the molecule is CCC1CCCCN1S(=O)(=O)c1ccc(C(=O)Nc2nc3ccc(S(C)(=O)=O)cc3s2)cc1. The second kappa shape index (κ2) is 9.13. The Morgan fingerprint density at radius 3 is 2.45 bits per heavy atom. The predicted molar refractivity (Wildman–Crippen MR) is 129 cm³/mol. The molecule has 4 rings (SSSR count). The van der Waals surface area contributed by atoms with Crippen molar-refractivity contribution in [1.29, 1.82) is 0 Å². The third kappa shape index (κ3) is 4.96. The molecular weight excluding hydrogens is 482 g/mol. The number of fused-ring (bicyclic) bond motifs is 1. The third-order valence-electron chi connectivity index (χ3n) is 5.78. The Morgan fingerprint density at radius 1 is 1.09 bits per heavy atom. The van der Waals surface area contributed by atoms with E-state index in [-0.39, 0.29) is 15.8 Å². The maximum absolute atomic E-state index is 13.1. The van der Waals surface area contributed by atoms with Crippen LogP contribution in [0.4, 0.5) is 5.13 Å². The molecule has 0 saturated carbocycles. The van der Waals surface area contributed by atoms with Gasteiger partial charge in [-0.25, -0.2) is 21.8 Å². The fourth-order valence-electron chi connectivity index (χ4n) is 3.97. The predicted octanol–water partition coefficient (Wildman–Crippen LogP) is 3.91. The van der Waals surface area contributed by atoms with Gasteiger partial charge in [-0.05, 0) is 61.7 Å². The van der Waals surface area contributed by atoms with Gasteiger partial charge in [0.2, 0.25) is 10.0 Å². The minimum Gasteiger partial charge on any atom is -0.298 e. The lowest BCUT2D eigenvalue weighted by Crippen LogP contribution is -2.43. The molecule has 1 aliphatic rings. The molecule has 0 spiro atoms. The normalized spacial score (nSPS) is 17.8. The molecule has 8 nitrogen and oxygen atoms in total. The molecule has 2 heterocycles. The highest BCUT2D eigenvalue weighted by molar-refractivity contribution is 7.90. The first kappa shape index (κ1) is 23.8. The Bertz CT molecular complexity index is 1400. The second-order valence-electron chi connectivity index (χ2n) is 8.07. The summed E-state index contributed by atoms with van der Waals surface area (Å²) in [5.41, 5.74) is 0.881. The fraction of sp³-hybridized carbons (Fsp3) is 0.364. The van der Waals surface area contributed by atoms with E-state index in [0.29, 0.717) is 27.5 Å². The van der Waals surface area contributed by atoms with E-state index in [2.05, 4.69) is 10.3 Å². The van der Waals surface area contributed by atoms with Crippen LogP contribution in [-0.4, -0.2) is 50.9 Å². The molecule has 1 aromatic heterocycles. The lowest BCUT2D eigenvalue weighted by Gasteiger charge is -2.34. The second-order valence-corrected chi connectivity index (χ2v) is 13.0. The van der Waals surface area contributed by atoms with Gasteiger partial charge in [0.25, 0.3) is 5.91 Å². The highest BCUT2D eigenvalue weighted by Gasteiger charge is 2.32. The number of piperidine rings is 1. The van der Waals surface area contributed by atoms with Gasteiger partial charge in [-0.2, -0.15) is 4.31 Å². The van der Waals surface area contributed by atoms with Crippen LogP contribution in [0, 0.1) is 0 Å². The van der Waals surface area contributed by atoms with Crippen LogP contribution in [0.15, 0.2) is 52.3 Å². The number of hydrogen-bond donors (Lipinski definition) is 1. The maximum atomic E-state index is 13.1. The summed E-state index contributed by atoms with van der Waals surface area (Å²) in [5, 5.41) is 3.03. The van der Waals surface area contributed by atoms with E-state index in [1.165, 1.54) is 47.7 Å². The Kier molecular flexibility index (Phi) is 6.59. The molecule has 1 aliphatic heterocycles. The zero-order valence-electron chi connectivity index (χ0n) is 18.3. The summed E-state index contributed by atoms with van der Waals surface area (Å²) in [4.78, 5) is 17.4. The van der Waals surface area contributed by atoms with Gasteiger partial charge in [-0.1, -0.05) is 24.7 Å². The van der Waals surface area contributed by atoms with Gasteiger partial charge >= 0.3 is 0 Å². The Morgan fingerprint density at radius 2 is 1.79 bits per heavy atom. The number of rotatable bonds is 6. The van der Waals surface area contributed by atoms with E-state index in [1.54, 1.807) is 10.4 Å². The number of nitrogens with one attached hydrogen (secondary N) is 1. The van der Waals surface area contributed by atoms with Crippen molar-refractivity contribution >= 4 is 52.5 Å². The number of benzene rings is 2. The summed E-state index contributed by atoms with van der Waals surface area (Å²) >= 11 is 1.17. The van der Waals surface area contributed by atoms with Crippen LogP contribution < -0.4 is 5.32 Å². The molecule has 33 heavy (non-hydrogen) atoms. The van der Waals surface area contributed by atoms with Crippen LogP contribution in [-0.2, 0) is 19.9 Å². The zero-order chi connectivity index (χ0) is 23.8. The summed E-state index contributed by atoms with van der Waals surface area (Å²) in [5.74, 6) is -0.425. The molecule has 1 saturated heterocycles. The number of nitrogens with zero attached hydrogens (tertiary/aromatic N) is 2. The van der Waals surface area contributed by atoms with Crippen LogP contribution >= 0.6 is 11.3 Å². The first-order chi connectivity index (χ1) is 15.6. The van der Waals surface area contributed by atoms with Gasteiger partial charge in [-0.15, -0.1) is 0 Å². The molecule has 1 N–H and O–H groups in total. The van der Waals surface area contributed by atoms with Crippen molar-refractivity contribution in [3.05, 3.63) is 48.0 Å². The van der Waals surface area contributed by atoms with E-state index < -0.39 is 25.8 Å². The van der Waals surface area contributed by atoms with Crippen molar-refractivity contribution in [3.8, 4) is 0 Å². The Labute approximate surface area is 197 Å². The van der Waals surface area contributed by atoms with E-state index in [1.807, 2.05) is 6.92 Å². The smallest absolute Gasteiger partial charge is 0.257 e. The zero-order valence-corrected chi connectivity index (χ0v) is 20.8. The molecule has 1 amide bonds. The molecule has 0 aliphatic carbocycles. The first-order valence-electron chi connectivity index (χ1n) is 10.6. The van der Waals surface area contributed by atoms with Crippen molar-refractivity contribution in [2.24, 2.45) is 0 Å². The number of carbonyl (C=O) groups excluding carboxylic acids is 1. The Hall–Kier alpha value is -2.34. The maximum Gasteiger partial charge on any atom is 0.257 e. The van der Waals surface area contributed by atoms with Crippen molar-refractivity contribution in [3.63, 3.8) is 0 Å². The molecular formula is C22H25N3O5S3. The standard InChI is InChI=1S/C22H25N3O5S3/c1-3-16-6-4-5-13-25(16)33(29,30)17-9-7-15(8-10-17)21(26)24-22-23-19-12-11-18(32(2,27)28)14-20(19)31-22/h7-12,14,16H,3-6,13H2,1-2H3,(H,23,24,26). The molecule has 3 aromatic rings. The molecule has 0 bridgehead atoms. The minimum atomic E-state index is -3.62. The van der Waals surface area contributed by atoms with Crippen molar-refractivity contribution in [2.75, 3.05) is 18.1 Å². The van der Waals surface area contributed by atoms with Crippen LogP contribution in [0.1, 0.15) is 43.0 Å². The minimum absolute atomic E-state index is 0.00831. The number of carbonyl (C=O) groups is 1. The highest BCUT2D eigenvalue weighted by Crippen LogP contribution is 2.29. The topological polar surface area (TPSA) is 114 Å². The molecule has 0 radical (unpaired) electrons. The van der Waals surface area contributed by atoms with Crippen molar-refractivity contribution in [1.82, 2.24) is 9.29 Å². The first-order valence-corrected chi connectivity index (χ1v) is 14.8. The number of hydrogen-bond acceptors (Lipinski definition) is 7. The van der Waals surface area contributed by atoms with Crippen LogP contribution in [0.25, 0.3) is 10.2 Å². The molecule has 11 heteroatoms. The van der Waals surface area contributed by atoms with Crippen LogP contribution in [0.2, 0.25) is 0 Å². The van der Waals surface area contributed by atoms with Crippen LogP contribution in [0.3, 0.4) is 0 Å². The summed E-state index contributed by atoms with van der Waals surface area (Å²) in [7, 11) is -6.96. The van der Waals surface area contributed by atoms with Gasteiger partial charge in [0.15, 0.2) is 15.0 Å². The fourth-order valence-corrected chi connectivity index (χ4v) is 7.36. The number of thiazole rings is 1. The quantitative estimate of drug-likeness (QED) is 0.541. The number of anilines is 1. The van der Waals surface area contributed by atoms with E-state index in [4.69, 9.17) is 0 Å². The lowest BCUT2D eigenvalue weighted by atomic mass is 10.0. The van der Waals surface area contributed by atoms with Gasteiger partial charge < -0.3 is 0 Å². The lowest BCUT2D eigenvalue weighted by molar-refractivity contribution is 0.102. The molecule has 2 aromatic carbocycles. The average molecular weight is 508 g/mol. The number of amides is 1.